The number of methoxy groups -OCH3 is 1. The molecule has 0 spiro atoms. The Hall–Kier alpha value is -1.99. The Balaban J connectivity index is 2.58. The first-order valence-electron chi connectivity index (χ1n) is 6.71. The van der Waals surface area contributed by atoms with Crippen molar-refractivity contribution in [1.82, 2.24) is 20.5 Å². The van der Waals surface area contributed by atoms with Crippen molar-refractivity contribution in [2.45, 2.75) is 0 Å². The molecule has 1 aromatic rings. The fraction of sp³-hybridized carbons (Fsp3) is 0.500. The summed E-state index contributed by atoms with van der Waals surface area (Å²) in [5.74, 6) is -0.613. The molecular weight excluding hydrogens is 272 g/mol. The number of amides is 2. The lowest BCUT2D eigenvalue weighted by Gasteiger charge is -2.10. The van der Waals surface area contributed by atoms with Crippen LogP contribution < -0.4 is 10.6 Å². The van der Waals surface area contributed by atoms with Crippen molar-refractivity contribution < 1.29 is 14.3 Å². The summed E-state index contributed by atoms with van der Waals surface area (Å²) in [6, 6.07) is 4.79. The number of ether oxygens (including phenoxy) is 1. The predicted molar refractivity (Wildman–Crippen MR) is 79.3 cm³/mol. The Kier molecular flexibility index (Phi) is 7.34. The smallest absolute Gasteiger partial charge is 0.269 e. The summed E-state index contributed by atoms with van der Waals surface area (Å²) < 4.78 is 4.85. The van der Waals surface area contributed by atoms with Gasteiger partial charge in [-0.25, -0.2) is 4.98 Å². The Labute approximate surface area is 124 Å². The third-order valence-electron chi connectivity index (χ3n) is 2.65. The quantitative estimate of drug-likeness (QED) is 0.646. The maximum absolute atomic E-state index is 11.9. The van der Waals surface area contributed by atoms with Gasteiger partial charge in [0.1, 0.15) is 11.4 Å². The molecule has 7 nitrogen and oxygen atoms in total. The van der Waals surface area contributed by atoms with Crippen LogP contribution in [0.2, 0.25) is 0 Å². The molecule has 1 rings (SSSR count). The van der Waals surface area contributed by atoms with Gasteiger partial charge in [-0.2, -0.15) is 0 Å². The van der Waals surface area contributed by atoms with Crippen LogP contribution in [0.5, 0.6) is 0 Å². The van der Waals surface area contributed by atoms with Crippen molar-refractivity contribution in [3.05, 3.63) is 29.6 Å². The average molecular weight is 294 g/mol. The monoisotopic (exact) mass is 294 g/mol. The predicted octanol–water partition coefficient (Wildman–Crippen LogP) is -0.251. The normalized spacial score (nSPS) is 10.5. The molecular formula is C14H22N4O3. The van der Waals surface area contributed by atoms with Crippen LogP contribution in [-0.4, -0.2) is 69.1 Å². The Morgan fingerprint density at radius 2 is 1.71 bits per heavy atom. The fourth-order valence-corrected chi connectivity index (χ4v) is 1.53. The van der Waals surface area contributed by atoms with Gasteiger partial charge < -0.3 is 20.3 Å². The summed E-state index contributed by atoms with van der Waals surface area (Å²) in [6.45, 7) is 2.09. The Morgan fingerprint density at radius 1 is 1.14 bits per heavy atom. The van der Waals surface area contributed by atoms with Crippen molar-refractivity contribution >= 4 is 11.8 Å². The minimum Gasteiger partial charge on any atom is -0.383 e. The van der Waals surface area contributed by atoms with Gasteiger partial charge in [0.15, 0.2) is 0 Å². The van der Waals surface area contributed by atoms with E-state index in [1.165, 1.54) is 0 Å². The maximum Gasteiger partial charge on any atom is 0.269 e. The summed E-state index contributed by atoms with van der Waals surface area (Å²) in [4.78, 5) is 29.8. The lowest BCUT2D eigenvalue weighted by Crippen LogP contribution is -2.32. The van der Waals surface area contributed by atoms with Crippen molar-refractivity contribution in [3.63, 3.8) is 0 Å². The zero-order valence-corrected chi connectivity index (χ0v) is 12.7. The van der Waals surface area contributed by atoms with Crippen LogP contribution in [0.4, 0.5) is 0 Å². The molecule has 0 fully saturated rings. The number of carbonyl (C=O) groups excluding carboxylic acids is 2. The number of nitrogens with one attached hydrogen (secondary N) is 2. The van der Waals surface area contributed by atoms with Gasteiger partial charge in [-0.1, -0.05) is 6.07 Å². The molecule has 0 aliphatic heterocycles. The fourth-order valence-electron chi connectivity index (χ4n) is 1.53. The van der Waals surface area contributed by atoms with E-state index in [0.717, 1.165) is 6.54 Å². The molecule has 2 amide bonds. The second kappa shape index (κ2) is 9.04. The van der Waals surface area contributed by atoms with Crippen molar-refractivity contribution in [2.75, 3.05) is 47.4 Å². The van der Waals surface area contributed by atoms with E-state index in [2.05, 4.69) is 15.6 Å². The van der Waals surface area contributed by atoms with E-state index in [4.69, 9.17) is 4.74 Å². The van der Waals surface area contributed by atoms with E-state index in [1.807, 2.05) is 19.0 Å². The largest absolute Gasteiger partial charge is 0.383 e. The molecule has 21 heavy (non-hydrogen) atoms. The highest BCUT2D eigenvalue weighted by Gasteiger charge is 2.11. The van der Waals surface area contributed by atoms with E-state index in [9.17, 15) is 9.59 Å². The summed E-state index contributed by atoms with van der Waals surface area (Å²) in [5.41, 5.74) is 0.444. The molecule has 0 saturated heterocycles. The van der Waals surface area contributed by atoms with Gasteiger partial charge in [0, 0.05) is 26.7 Å². The third-order valence-corrected chi connectivity index (χ3v) is 2.65. The van der Waals surface area contributed by atoms with E-state index >= 15 is 0 Å². The van der Waals surface area contributed by atoms with Crippen molar-refractivity contribution in [2.24, 2.45) is 0 Å². The van der Waals surface area contributed by atoms with Gasteiger partial charge in [-0.05, 0) is 26.2 Å². The van der Waals surface area contributed by atoms with E-state index in [1.54, 1.807) is 25.3 Å². The van der Waals surface area contributed by atoms with Crippen LogP contribution in [-0.2, 0) is 4.74 Å². The number of pyridine rings is 1. The highest BCUT2D eigenvalue weighted by molar-refractivity contribution is 5.96. The van der Waals surface area contributed by atoms with Crippen LogP contribution in [0.3, 0.4) is 0 Å². The highest BCUT2D eigenvalue weighted by Crippen LogP contribution is 1.99. The number of aromatic nitrogens is 1. The standard InChI is InChI=1S/C14H22N4O3/c1-18(2)9-7-15-13(19)11-5-4-6-12(17-11)14(20)16-8-10-21-3/h4-6H,7-10H2,1-3H3,(H,15,19)(H,16,20). The van der Waals surface area contributed by atoms with Crippen LogP contribution >= 0.6 is 0 Å². The van der Waals surface area contributed by atoms with Gasteiger partial charge in [0.25, 0.3) is 11.8 Å². The number of hydrogen-bond donors (Lipinski definition) is 2. The van der Waals surface area contributed by atoms with Crippen LogP contribution in [0, 0.1) is 0 Å². The molecule has 0 aliphatic carbocycles. The van der Waals surface area contributed by atoms with E-state index < -0.39 is 0 Å². The van der Waals surface area contributed by atoms with Crippen molar-refractivity contribution in [3.8, 4) is 0 Å². The molecule has 2 N–H and O–H groups in total. The molecule has 0 atom stereocenters. The third kappa shape index (κ3) is 6.33. The van der Waals surface area contributed by atoms with Crippen LogP contribution in [0.1, 0.15) is 21.0 Å². The number of hydrogen-bond acceptors (Lipinski definition) is 5. The summed E-state index contributed by atoms with van der Waals surface area (Å²) in [5, 5.41) is 5.41. The molecule has 7 heteroatoms. The summed E-state index contributed by atoms with van der Waals surface area (Å²) in [6.07, 6.45) is 0. The SMILES string of the molecule is COCCNC(=O)c1cccc(C(=O)NCCN(C)C)n1. The zero-order chi connectivity index (χ0) is 15.7. The molecule has 0 aromatic carbocycles. The summed E-state index contributed by atoms with van der Waals surface area (Å²) >= 11 is 0. The molecule has 1 heterocycles. The molecule has 0 aliphatic rings. The first-order valence-corrected chi connectivity index (χ1v) is 6.71. The van der Waals surface area contributed by atoms with Gasteiger partial charge in [-0.15, -0.1) is 0 Å². The molecule has 1 aromatic heterocycles. The first kappa shape index (κ1) is 17.1. The van der Waals surface area contributed by atoms with E-state index in [0.29, 0.717) is 19.7 Å². The van der Waals surface area contributed by atoms with Crippen LogP contribution in [0.25, 0.3) is 0 Å². The minimum absolute atomic E-state index is 0.214. The van der Waals surface area contributed by atoms with Gasteiger partial charge in [0.2, 0.25) is 0 Å². The van der Waals surface area contributed by atoms with E-state index in [-0.39, 0.29) is 23.2 Å². The van der Waals surface area contributed by atoms with Gasteiger partial charge >= 0.3 is 0 Å². The second-order valence-corrected chi connectivity index (χ2v) is 4.72. The highest BCUT2D eigenvalue weighted by atomic mass is 16.5. The molecule has 0 radical (unpaired) electrons. The number of carbonyl (C=O) groups is 2. The lowest BCUT2D eigenvalue weighted by atomic mass is 10.2. The van der Waals surface area contributed by atoms with Gasteiger partial charge in [0.05, 0.1) is 6.61 Å². The number of nitrogens with zero attached hydrogens (tertiary/aromatic N) is 2. The minimum atomic E-state index is -0.324. The topological polar surface area (TPSA) is 83.6 Å². The number of likely N-dealkylation sites (N-methyl/N-ethyl adjacent to an activating group) is 1. The summed E-state index contributed by atoms with van der Waals surface area (Å²) in [7, 11) is 5.41. The number of rotatable bonds is 8. The zero-order valence-electron chi connectivity index (χ0n) is 12.7. The molecule has 0 bridgehead atoms. The average Bonchev–Trinajstić information content (AvgIpc) is 2.47. The Morgan fingerprint density at radius 3 is 2.24 bits per heavy atom. The maximum atomic E-state index is 11.9. The Bertz CT molecular complexity index is 477. The first-order chi connectivity index (χ1) is 10.0. The van der Waals surface area contributed by atoms with Crippen LogP contribution in [0.15, 0.2) is 18.2 Å². The van der Waals surface area contributed by atoms with Crippen molar-refractivity contribution in [1.29, 1.82) is 0 Å². The second-order valence-electron chi connectivity index (χ2n) is 4.72. The molecule has 0 unspecified atom stereocenters. The molecule has 0 saturated carbocycles. The van der Waals surface area contributed by atoms with Gasteiger partial charge in [-0.3, -0.25) is 9.59 Å². The lowest BCUT2D eigenvalue weighted by molar-refractivity contribution is 0.0931. The molecule has 116 valence electrons.